The van der Waals surface area contributed by atoms with Gasteiger partial charge in [0.1, 0.15) is 16.5 Å². The third kappa shape index (κ3) is 2.36. The molecule has 21 heavy (non-hydrogen) atoms. The maximum absolute atomic E-state index is 12.4. The van der Waals surface area contributed by atoms with Gasteiger partial charge in [-0.05, 0) is 38.1 Å². The number of rotatable bonds is 3. The summed E-state index contributed by atoms with van der Waals surface area (Å²) in [5.41, 5.74) is 1.57. The Hall–Kier alpha value is -2.41. The summed E-state index contributed by atoms with van der Waals surface area (Å²) in [5.74, 6) is 1.38. The number of thiazole rings is 1. The summed E-state index contributed by atoms with van der Waals surface area (Å²) < 4.78 is 6.97. The van der Waals surface area contributed by atoms with Crippen LogP contribution in [0.1, 0.15) is 21.2 Å². The van der Waals surface area contributed by atoms with Gasteiger partial charge in [-0.1, -0.05) is 11.3 Å². The van der Waals surface area contributed by atoms with Crippen LogP contribution in [0.5, 0.6) is 5.75 Å². The van der Waals surface area contributed by atoms with Crippen LogP contribution in [-0.4, -0.2) is 27.6 Å². The quantitative estimate of drug-likeness (QED) is 0.807. The van der Waals surface area contributed by atoms with E-state index in [1.807, 2.05) is 18.2 Å². The SMILES string of the molecule is COc1ccc(NC(=O)c2sc3nnc(C)n3c2C)cc1. The number of anilines is 1. The first-order valence-corrected chi connectivity index (χ1v) is 7.18. The van der Waals surface area contributed by atoms with Crippen molar-refractivity contribution in [2.45, 2.75) is 13.8 Å². The molecule has 2 aromatic heterocycles. The molecular weight excluding hydrogens is 288 g/mol. The summed E-state index contributed by atoms with van der Waals surface area (Å²) in [4.78, 5) is 13.7. The van der Waals surface area contributed by atoms with Gasteiger partial charge in [0, 0.05) is 11.4 Å². The van der Waals surface area contributed by atoms with Gasteiger partial charge in [0.15, 0.2) is 0 Å². The number of aryl methyl sites for hydroxylation is 2. The molecule has 0 saturated carbocycles. The molecular formula is C14H14N4O2S. The minimum Gasteiger partial charge on any atom is -0.497 e. The fourth-order valence-corrected chi connectivity index (χ4v) is 3.14. The summed E-state index contributed by atoms with van der Waals surface area (Å²) in [7, 11) is 1.61. The van der Waals surface area contributed by atoms with E-state index in [0.717, 1.165) is 27.9 Å². The van der Waals surface area contributed by atoms with Crippen LogP contribution in [0.15, 0.2) is 24.3 Å². The lowest BCUT2D eigenvalue weighted by Gasteiger charge is -2.05. The summed E-state index contributed by atoms with van der Waals surface area (Å²) in [6.45, 7) is 3.76. The van der Waals surface area contributed by atoms with Gasteiger partial charge >= 0.3 is 0 Å². The van der Waals surface area contributed by atoms with Crippen molar-refractivity contribution < 1.29 is 9.53 Å². The number of hydrogen-bond acceptors (Lipinski definition) is 5. The number of hydrogen-bond donors (Lipinski definition) is 1. The monoisotopic (exact) mass is 302 g/mol. The fraction of sp³-hybridized carbons (Fsp3) is 0.214. The van der Waals surface area contributed by atoms with E-state index in [1.54, 1.807) is 31.4 Å². The van der Waals surface area contributed by atoms with E-state index >= 15 is 0 Å². The van der Waals surface area contributed by atoms with Gasteiger partial charge in [-0.3, -0.25) is 9.20 Å². The Balaban J connectivity index is 1.87. The zero-order valence-electron chi connectivity index (χ0n) is 11.9. The van der Waals surface area contributed by atoms with E-state index in [-0.39, 0.29) is 5.91 Å². The maximum Gasteiger partial charge on any atom is 0.267 e. The molecule has 0 aliphatic carbocycles. The smallest absolute Gasteiger partial charge is 0.267 e. The number of ether oxygens (including phenoxy) is 1. The van der Waals surface area contributed by atoms with E-state index < -0.39 is 0 Å². The lowest BCUT2D eigenvalue weighted by atomic mass is 10.3. The zero-order chi connectivity index (χ0) is 15.0. The van der Waals surface area contributed by atoms with Crippen molar-refractivity contribution in [2.75, 3.05) is 12.4 Å². The van der Waals surface area contributed by atoms with Gasteiger partial charge in [0.05, 0.1) is 7.11 Å². The molecule has 0 aliphatic heterocycles. The fourth-order valence-electron chi connectivity index (χ4n) is 2.13. The van der Waals surface area contributed by atoms with Crippen molar-refractivity contribution in [2.24, 2.45) is 0 Å². The molecule has 0 unspecified atom stereocenters. The molecule has 3 aromatic rings. The first-order valence-electron chi connectivity index (χ1n) is 6.36. The molecule has 1 aromatic carbocycles. The Morgan fingerprint density at radius 2 is 1.95 bits per heavy atom. The standard InChI is InChI=1S/C14H14N4O2S/c1-8-12(21-14-17-16-9(2)18(8)14)13(19)15-10-4-6-11(20-3)7-5-10/h4-7H,1-3H3,(H,15,19). The molecule has 0 spiro atoms. The van der Waals surface area contributed by atoms with Crippen molar-refractivity contribution in [3.05, 3.63) is 40.7 Å². The molecule has 6 nitrogen and oxygen atoms in total. The van der Waals surface area contributed by atoms with E-state index in [0.29, 0.717) is 4.88 Å². The summed E-state index contributed by atoms with van der Waals surface area (Å²) in [5, 5.41) is 10.9. The molecule has 7 heteroatoms. The highest BCUT2D eigenvalue weighted by atomic mass is 32.1. The van der Waals surface area contributed by atoms with Crippen molar-refractivity contribution in [3.8, 4) is 5.75 Å². The number of benzene rings is 1. The van der Waals surface area contributed by atoms with E-state index in [1.165, 1.54) is 11.3 Å². The topological polar surface area (TPSA) is 68.5 Å². The van der Waals surface area contributed by atoms with Crippen LogP contribution in [0.25, 0.3) is 4.96 Å². The highest BCUT2D eigenvalue weighted by molar-refractivity contribution is 7.19. The maximum atomic E-state index is 12.4. The highest BCUT2D eigenvalue weighted by Crippen LogP contribution is 2.24. The lowest BCUT2D eigenvalue weighted by Crippen LogP contribution is -2.12. The molecule has 0 radical (unpaired) electrons. The largest absolute Gasteiger partial charge is 0.497 e. The average Bonchev–Trinajstić information content (AvgIpc) is 3.01. The molecule has 0 bridgehead atoms. The van der Waals surface area contributed by atoms with Crippen LogP contribution in [0.3, 0.4) is 0 Å². The Morgan fingerprint density at radius 1 is 1.24 bits per heavy atom. The van der Waals surface area contributed by atoms with Gasteiger partial charge in [-0.25, -0.2) is 0 Å². The summed E-state index contributed by atoms with van der Waals surface area (Å²) in [6, 6.07) is 7.21. The Bertz CT molecular complexity index is 804. The summed E-state index contributed by atoms with van der Waals surface area (Å²) in [6.07, 6.45) is 0. The molecule has 0 fully saturated rings. The number of carbonyl (C=O) groups excluding carboxylic acids is 1. The van der Waals surface area contributed by atoms with Crippen LogP contribution < -0.4 is 10.1 Å². The predicted molar refractivity (Wildman–Crippen MR) is 81.3 cm³/mol. The minimum atomic E-state index is -0.146. The van der Waals surface area contributed by atoms with E-state index in [2.05, 4.69) is 15.5 Å². The van der Waals surface area contributed by atoms with E-state index in [9.17, 15) is 4.79 Å². The van der Waals surface area contributed by atoms with Crippen LogP contribution in [0, 0.1) is 13.8 Å². The average molecular weight is 302 g/mol. The van der Waals surface area contributed by atoms with Crippen LogP contribution in [-0.2, 0) is 0 Å². The van der Waals surface area contributed by atoms with Gasteiger partial charge in [-0.2, -0.15) is 0 Å². The summed E-state index contributed by atoms with van der Waals surface area (Å²) >= 11 is 1.33. The Kier molecular flexibility index (Phi) is 3.34. The Morgan fingerprint density at radius 3 is 2.57 bits per heavy atom. The van der Waals surface area contributed by atoms with Gasteiger partial charge in [-0.15, -0.1) is 10.2 Å². The molecule has 1 amide bonds. The number of amides is 1. The number of fused-ring (bicyclic) bond motifs is 1. The van der Waals surface area contributed by atoms with Gasteiger partial charge < -0.3 is 10.1 Å². The number of nitrogens with zero attached hydrogens (tertiary/aromatic N) is 3. The first-order chi connectivity index (χ1) is 10.1. The number of nitrogens with one attached hydrogen (secondary N) is 1. The molecule has 0 aliphatic rings. The predicted octanol–water partition coefficient (Wildman–Crippen LogP) is 2.67. The molecule has 1 N–H and O–H groups in total. The van der Waals surface area contributed by atoms with Crippen molar-refractivity contribution in [1.82, 2.24) is 14.6 Å². The molecule has 0 atom stereocenters. The molecule has 0 saturated heterocycles. The second-order valence-corrected chi connectivity index (χ2v) is 5.54. The Labute approximate surface area is 125 Å². The van der Waals surface area contributed by atoms with Crippen molar-refractivity contribution in [3.63, 3.8) is 0 Å². The van der Waals surface area contributed by atoms with Crippen LogP contribution in [0.2, 0.25) is 0 Å². The molecule has 3 rings (SSSR count). The first kappa shape index (κ1) is 13.6. The van der Waals surface area contributed by atoms with E-state index in [4.69, 9.17) is 4.74 Å². The van der Waals surface area contributed by atoms with Gasteiger partial charge in [0.25, 0.3) is 5.91 Å². The molecule has 108 valence electrons. The van der Waals surface area contributed by atoms with Crippen LogP contribution >= 0.6 is 11.3 Å². The minimum absolute atomic E-state index is 0.146. The van der Waals surface area contributed by atoms with Crippen LogP contribution in [0.4, 0.5) is 5.69 Å². The third-order valence-electron chi connectivity index (χ3n) is 3.21. The number of methoxy groups -OCH3 is 1. The van der Waals surface area contributed by atoms with Crippen molar-refractivity contribution in [1.29, 1.82) is 0 Å². The molecule has 2 heterocycles. The highest BCUT2D eigenvalue weighted by Gasteiger charge is 2.18. The second-order valence-electron chi connectivity index (χ2n) is 4.56. The lowest BCUT2D eigenvalue weighted by molar-refractivity contribution is 0.102. The zero-order valence-corrected chi connectivity index (χ0v) is 12.7. The van der Waals surface area contributed by atoms with Crippen molar-refractivity contribution >= 4 is 27.9 Å². The number of carbonyl (C=O) groups is 1. The third-order valence-corrected chi connectivity index (χ3v) is 4.34. The second kappa shape index (κ2) is 5.17. The number of aromatic nitrogens is 3. The normalized spacial score (nSPS) is 10.8. The van der Waals surface area contributed by atoms with Gasteiger partial charge in [0.2, 0.25) is 4.96 Å².